The molecule has 0 radical (unpaired) electrons. The molecular weight excluding hydrogens is 408 g/mol. The van der Waals surface area contributed by atoms with Crippen LogP contribution >= 0.6 is 23.4 Å². The van der Waals surface area contributed by atoms with Gasteiger partial charge in [-0.05, 0) is 18.4 Å². The van der Waals surface area contributed by atoms with Crippen LogP contribution in [0.5, 0.6) is 0 Å². The summed E-state index contributed by atoms with van der Waals surface area (Å²) in [5, 5.41) is 3.64. The molecule has 2 aromatic rings. The zero-order valence-electron chi connectivity index (χ0n) is 13.7. The second-order valence-electron chi connectivity index (χ2n) is 4.76. The van der Waals surface area contributed by atoms with Gasteiger partial charge in [0.1, 0.15) is 4.90 Å². The molecule has 140 valence electrons. The Morgan fingerprint density at radius 3 is 2.54 bits per heavy atom. The predicted octanol–water partition coefficient (Wildman–Crippen LogP) is 0.690. The van der Waals surface area contributed by atoms with E-state index in [1.54, 1.807) is 11.0 Å². The topological polar surface area (TPSA) is 129 Å². The van der Waals surface area contributed by atoms with Crippen molar-refractivity contribution in [3.63, 3.8) is 0 Å². The fourth-order valence-corrected chi connectivity index (χ4v) is 4.17. The summed E-state index contributed by atoms with van der Waals surface area (Å²) < 4.78 is 32.8. The van der Waals surface area contributed by atoms with E-state index in [2.05, 4.69) is 9.84 Å². The number of carbonyl (C=O) groups excluding carboxylic acids is 2. The van der Waals surface area contributed by atoms with Crippen LogP contribution < -0.4 is 10.4 Å². The Hall–Kier alpha value is -2.31. The molecule has 0 aliphatic rings. The summed E-state index contributed by atoms with van der Waals surface area (Å²) in [5.41, 5.74) is -1.20. The number of benzene rings is 1. The minimum Gasteiger partial charge on any atom is -0.465 e. The average molecular weight is 421 g/mol. The molecule has 0 saturated heterocycles. The van der Waals surface area contributed by atoms with Crippen LogP contribution in [0.25, 0.3) is 0 Å². The van der Waals surface area contributed by atoms with Crippen molar-refractivity contribution >= 4 is 45.4 Å². The third kappa shape index (κ3) is 3.61. The van der Waals surface area contributed by atoms with Gasteiger partial charge in [0.25, 0.3) is 10.0 Å². The smallest absolute Gasteiger partial charge is 0.360 e. The van der Waals surface area contributed by atoms with Gasteiger partial charge in [-0.25, -0.2) is 27.5 Å². The molecule has 13 heteroatoms. The Morgan fingerprint density at radius 2 is 2.00 bits per heavy atom. The monoisotopic (exact) mass is 420 g/mol. The summed E-state index contributed by atoms with van der Waals surface area (Å²) in [5.74, 6) is -0.958. The first-order valence-electron chi connectivity index (χ1n) is 6.78. The SMILES string of the molecule is COC(=O)c1cccc(Cl)c1S(=O)(=O)NC(=O)n1nc(SC)n(C)c1=O. The molecule has 1 aromatic carbocycles. The highest BCUT2D eigenvalue weighted by molar-refractivity contribution is 7.98. The molecular formula is C13H13ClN4O6S2. The van der Waals surface area contributed by atoms with Crippen molar-refractivity contribution in [2.24, 2.45) is 7.05 Å². The van der Waals surface area contributed by atoms with Gasteiger partial charge >= 0.3 is 17.7 Å². The van der Waals surface area contributed by atoms with Crippen LogP contribution in [0.1, 0.15) is 10.4 Å². The number of ether oxygens (including phenoxy) is 1. The number of rotatable bonds is 4. The second-order valence-corrected chi connectivity index (χ2v) is 7.56. The molecule has 26 heavy (non-hydrogen) atoms. The number of nitrogens with zero attached hydrogens (tertiary/aromatic N) is 3. The lowest BCUT2D eigenvalue weighted by Crippen LogP contribution is -2.40. The number of sulfonamides is 1. The molecule has 1 N–H and O–H groups in total. The zero-order valence-corrected chi connectivity index (χ0v) is 16.1. The number of nitrogens with one attached hydrogen (secondary N) is 1. The normalized spacial score (nSPS) is 11.2. The summed E-state index contributed by atoms with van der Waals surface area (Å²) in [6.45, 7) is 0. The number of methoxy groups -OCH3 is 1. The van der Waals surface area contributed by atoms with Gasteiger partial charge in [-0.1, -0.05) is 29.4 Å². The molecule has 0 saturated carbocycles. The van der Waals surface area contributed by atoms with Crippen LogP contribution in [-0.4, -0.2) is 48.1 Å². The van der Waals surface area contributed by atoms with Crippen LogP contribution in [0, 0.1) is 0 Å². The van der Waals surface area contributed by atoms with Gasteiger partial charge in [-0.3, -0.25) is 4.57 Å². The van der Waals surface area contributed by atoms with E-state index in [0.717, 1.165) is 23.4 Å². The van der Waals surface area contributed by atoms with Crippen molar-refractivity contribution in [3.05, 3.63) is 39.3 Å². The third-order valence-electron chi connectivity index (χ3n) is 3.18. The number of esters is 1. The van der Waals surface area contributed by atoms with E-state index in [1.165, 1.54) is 25.2 Å². The fraction of sp³-hybridized carbons (Fsp3) is 0.231. The van der Waals surface area contributed by atoms with E-state index in [-0.39, 0.29) is 15.7 Å². The van der Waals surface area contributed by atoms with Crippen LogP contribution in [0.2, 0.25) is 5.02 Å². The number of carbonyl (C=O) groups is 2. The molecule has 2 rings (SSSR count). The van der Waals surface area contributed by atoms with E-state index >= 15 is 0 Å². The number of aromatic nitrogens is 3. The Bertz CT molecular complexity index is 1040. The Balaban J connectivity index is 2.49. The van der Waals surface area contributed by atoms with Crippen molar-refractivity contribution in [1.29, 1.82) is 0 Å². The minimum atomic E-state index is -4.60. The van der Waals surface area contributed by atoms with Gasteiger partial charge in [0, 0.05) is 7.05 Å². The maximum atomic E-state index is 12.6. The Labute approximate surface area is 157 Å². The summed E-state index contributed by atoms with van der Waals surface area (Å²) in [6.07, 6.45) is 1.63. The van der Waals surface area contributed by atoms with Gasteiger partial charge in [-0.15, -0.1) is 9.78 Å². The van der Waals surface area contributed by atoms with Gasteiger partial charge in [0.2, 0.25) is 0 Å². The minimum absolute atomic E-state index is 0.204. The zero-order chi connectivity index (χ0) is 19.6. The largest absolute Gasteiger partial charge is 0.465 e. The highest BCUT2D eigenvalue weighted by atomic mass is 35.5. The van der Waals surface area contributed by atoms with Crippen molar-refractivity contribution in [3.8, 4) is 0 Å². The molecule has 1 heterocycles. The number of amides is 1. The highest BCUT2D eigenvalue weighted by Gasteiger charge is 2.29. The molecule has 10 nitrogen and oxygen atoms in total. The van der Waals surface area contributed by atoms with Gasteiger partial charge in [0.15, 0.2) is 5.16 Å². The molecule has 1 aromatic heterocycles. The van der Waals surface area contributed by atoms with Crippen molar-refractivity contribution in [2.75, 3.05) is 13.4 Å². The molecule has 0 spiro atoms. The van der Waals surface area contributed by atoms with E-state index in [9.17, 15) is 22.8 Å². The Kier molecular flexibility index (Phi) is 5.78. The summed E-state index contributed by atoms with van der Waals surface area (Å²) in [6, 6.07) is 2.44. The average Bonchev–Trinajstić information content (AvgIpc) is 2.88. The van der Waals surface area contributed by atoms with Crippen molar-refractivity contribution in [2.45, 2.75) is 10.1 Å². The number of hydrogen-bond acceptors (Lipinski definition) is 8. The van der Waals surface area contributed by atoms with Crippen LogP contribution in [0.4, 0.5) is 4.79 Å². The second kappa shape index (κ2) is 7.51. The third-order valence-corrected chi connectivity index (χ3v) is 5.75. The molecule has 0 aliphatic carbocycles. The number of thioether (sulfide) groups is 1. The Morgan fingerprint density at radius 1 is 1.35 bits per heavy atom. The molecule has 0 aliphatic heterocycles. The van der Waals surface area contributed by atoms with E-state index in [1.807, 2.05) is 0 Å². The van der Waals surface area contributed by atoms with Crippen molar-refractivity contribution in [1.82, 2.24) is 19.1 Å². The lowest BCUT2D eigenvalue weighted by atomic mass is 10.2. The summed E-state index contributed by atoms with van der Waals surface area (Å²) in [7, 11) is -2.16. The maximum absolute atomic E-state index is 12.6. The predicted molar refractivity (Wildman–Crippen MR) is 93.2 cm³/mol. The van der Waals surface area contributed by atoms with Crippen LogP contribution in [-0.2, 0) is 21.8 Å². The van der Waals surface area contributed by atoms with E-state index in [0.29, 0.717) is 4.68 Å². The first-order valence-corrected chi connectivity index (χ1v) is 9.86. The first-order chi connectivity index (χ1) is 12.1. The first kappa shape index (κ1) is 20.0. The van der Waals surface area contributed by atoms with Crippen LogP contribution in [0.3, 0.4) is 0 Å². The maximum Gasteiger partial charge on any atom is 0.360 e. The number of hydrogen-bond donors (Lipinski definition) is 1. The lowest BCUT2D eigenvalue weighted by molar-refractivity contribution is 0.0596. The molecule has 0 bridgehead atoms. The van der Waals surface area contributed by atoms with E-state index < -0.39 is 32.6 Å². The molecule has 0 unspecified atom stereocenters. The van der Waals surface area contributed by atoms with Gasteiger partial charge in [0.05, 0.1) is 17.7 Å². The van der Waals surface area contributed by atoms with E-state index in [4.69, 9.17) is 11.6 Å². The summed E-state index contributed by atoms with van der Waals surface area (Å²) >= 11 is 6.99. The summed E-state index contributed by atoms with van der Waals surface area (Å²) in [4.78, 5) is 35.4. The highest BCUT2D eigenvalue weighted by Crippen LogP contribution is 2.25. The molecule has 0 fully saturated rings. The molecule has 0 atom stereocenters. The quantitative estimate of drug-likeness (QED) is 0.564. The van der Waals surface area contributed by atoms with Crippen molar-refractivity contribution < 1.29 is 22.7 Å². The lowest BCUT2D eigenvalue weighted by Gasteiger charge is -2.11. The standard InChI is InChI=1S/C13H13ClN4O6S2/c1-17-12(25-3)15-18(13(17)21)11(20)16-26(22,23)9-7(10(19)24-2)5-4-6-8(9)14/h4-6H,1-3H3,(H,16,20). The molecule has 1 amide bonds. The van der Waals surface area contributed by atoms with Gasteiger partial charge in [-0.2, -0.15) is 0 Å². The fourth-order valence-electron chi connectivity index (χ4n) is 1.99. The van der Waals surface area contributed by atoms with Crippen LogP contribution in [0.15, 0.2) is 33.0 Å². The number of halogens is 1. The van der Waals surface area contributed by atoms with Gasteiger partial charge < -0.3 is 4.74 Å².